The molecule has 0 radical (unpaired) electrons. The van der Waals surface area contributed by atoms with E-state index in [2.05, 4.69) is 16.1 Å². The van der Waals surface area contributed by atoms with Crippen LogP contribution in [0.3, 0.4) is 0 Å². The van der Waals surface area contributed by atoms with E-state index in [0.29, 0.717) is 22.8 Å². The Balaban J connectivity index is 1.97. The lowest BCUT2D eigenvalue weighted by molar-refractivity contribution is -0.139. The molecule has 1 saturated carbocycles. The minimum Gasteiger partial charge on any atom is -0.359 e. The van der Waals surface area contributed by atoms with Crippen LogP contribution >= 0.6 is 12.2 Å². The maximum absolute atomic E-state index is 12.3. The molecule has 0 heterocycles. The molecule has 1 amide bonds. The summed E-state index contributed by atoms with van der Waals surface area (Å²) in [6.45, 7) is 1.70. The third-order valence-electron chi connectivity index (χ3n) is 4.55. The number of carbonyl (C=O) groups is 3. The Morgan fingerprint density at radius 1 is 1.15 bits per heavy atom. The molecule has 0 aromatic heterocycles. The number of Topliss-reactive ketones (excluding diaryl/α,β-unsaturated/α-hetero) is 2. The summed E-state index contributed by atoms with van der Waals surface area (Å²) < 4.78 is 0. The van der Waals surface area contributed by atoms with Crippen molar-refractivity contribution in [3.05, 3.63) is 29.8 Å². The third-order valence-corrected chi connectivity index (χ3v) is 4.77. The van der Waals surface area contributed by atoms with E-state index in [9.17, 15) is 14.4 Å². The number of nitrogens with two attached hydrogens (primary N) is 1. The van der Waals surface area contributed by atoms with Crippen molar-refractivity contribution in [1.29, 1.82) is 0 Å². The first-order valence-corrected chi connectivity index (χ1v) is 9.12. The maximum Gasteiger partial charge on any atom is 0.265 e. The van der Waals surface area contributed by atoms with Gasteiger partial charge in [0.1, 0.15) is 0 Å². The van der Waals surface area contributed by atoms with Crippen LogP contribution < -0.4 is 21.9 Å². The van der Waals surface area contributed by atoms with Crippen LogP contribution in [0.1, 0.15) is 49.4 Å². The molecule has 140 valence electrons. The zero-order valence-electron chi connectivity index (χ0n) is 14.7. The van der Waals surface area contributed by atoms with Gasteiger partial charge in [-0.2, -0.15) is 0 Å². The van der Waals surface area contributed by atoms with Crippen LogP contribution in [-0.2, 0) is 9.59 Å². The molecule has 0 aliphatic heterocycles. The molecule has 1 aromatic carbocycles. The first kappa shape index (κ1) is 20.0. The molecule has 0 spiro atoms. The van der Waals surface area contributed by atoms with Gasteiger partial charge in [0.25, 0.3) is 5.91 Å². The molecule has 26 heavy (non-hydrogen) atoms. The number of thiocarbonyl (C=S) groups is 1. The number of ketones is 2. The van der Waals surface area contributed by atoms with Crippen molar-refractivity contribution in [2.45, 2.75) is 45.1 Å². The van der Waals surface area contributed by atoms with Gasteiger partial charge in [0.15, 0.2) is 10.9 Å². The van der Waals surface area contributed by atoms with E-state index in [1.54, 1.807) is 31.2 Å². The molecular weight excluding hydrogens is 352 g/mol. The Bertz CT molecular complexity index is 690. The van der Waals surface area contributed by atoms with Crippen molar-refractivity contribution in [1.82, 2.24) is 10.7 Å². The predicted molar refractivity (Wildman–Crippen MR) is 104 cm³/mol. The van der Waals surface area contributed by atoms with Crippen LogP contribution in [-0.4, -0.2) is 28.6 Å². The van der Waals surface area contributed by atoms with Gasteiger partial charge in [-0.15, -0.1) is 0 Å². The number of carbonyl (C=O) groups excluding carboxylic acids is 3. The zero-order valence-corrected chi connectivity index (χ0v) is 15.5. The normalized spacial score (nSPS) is 19.3. The van der Waals surface area contributed by atoms with Gasteiger partial charge in [0.2, 0.25) is 5.78 Å². The standard InChI is InChI=1S/C18H24N4O3S/c1-2-15(23)16(24)13-5-3-4-6-14(13)21-18(26)20-12-9-7-11(8-10-12)17(25)22-19/h7-10,13-14H,2-6,19H2,1H3,(H,22,25)(H2,20,21,26). The smallest absolute Gasteiger partial charge is 0.265 e. The number of anilines is 1. The van der Waals surface area contributed by atoms with E-state index < -0.39 is 0 Å². The number of hydrogen-bond acceptors (Lipinski definition) is 5. The minimum absolute atomic E-state index is 0.144. The zero-order chi connectivity index (χ0) is 19.1. The van der Waals surface area contributed by atoms with E-state index in [0.717, 1.165) is 19.3 Å². The van der Waals surface area contributed by atoms with Crippen molar-refractivity contribution >= 4 is 40.5 Å². The lowest BCUT2D eigenvalue weighted by Gasteiger charge is -2.31. The molecule has 7 nitrogen and oxygen atoms in total. The highest BCUT2D eigenvalue weighted by Gasteiger charge is 2.33. The Morgan fingerprint density at radius 2 is 1.81 bits per heavy atom. The van der Waals surface area contributed by atoms with Gasteiger partial charge in [-0.3, -0.25) is 19.8 Å². The van der Waals surface area contributed by atoms with Gasteiger partial charge in [0, 0.05) is 29.6 Å². The van der Waals surface area contributed by atoms with Crippen LogP contribution in [0.2, 0.25) is 0 Å². The van der Waals surface area contributed by atoms with Crippen molar-refractivity contribution in [2.24, 2.45) is 11.8 Å². The molecule has 8 heteroatoms. The lowest BCUT2D eigenvalue weighted by Crippen LogP contribution is -2.47. The largest absolute Gasteiger partial charge is 0.359 e. The fraction of sp³-hybridized carbons (Fsp3) is 0.444. The van der Waals surface area contributed by atoms with Crippen molar-refractivity contribution < 1.29 is 14.4 Å². The highest BCUT2D eigenvalue weighted by Crippen LogP contribution is 2.26. The molecule has 2 atom stereocenters. The molecule has 0 saturated heterocycles. The fourth-order valence-electron chi connectivity index (χ4n) is 3.12. The van der Waals surface area contributed by atoms with Gasteiger partial charge >= 0.3 is 0 Å². The van der Waals surface area contributed by atoms with Crippen LogP contribution in [0, 0.1) is 5.92 Å². The Hall–Kier alpha value is -2.32. The summed E-state index contributed by atoms with van der Waals surface area (Å²) >= 11 is 5.34. The monoisotopic (exact) mass is 376 g/mol. The van der Waals surface area contributed by atoms with Crippen LogP contribution in [0.4, 0.5) is 5.69 Å². The second-order valence-electron chi connectivity index (χ2n) is 6.29. The molecule has 1 aliphatic rings. The van der Waals surface area contributed by atoms with Gasteiger partial charge < -0.3 is 10.6 Å². The Labute approximate surface area is 158 Å². The van der Waals surface area contributed by atoms with Gasteiger partial charge in [-0.05, 0) is 49.3 Å². The number of rotatable bonds is 6. The molecule has 1 fully saturated rings. The van der Waals surface area contributed by atoms with Crippen molar-refractivity contribution in [3.63, 3.8) is 0 Å². The van der Waals surface area contributed by atoms with Gasteiger partial charge in [-0.1, -0.05) is 19.8 Å². The second kappa shape index (κ2) is 9.40. The highest BCUT2D eigenvalue weighted by molar-refractivity contribution is 7.80. The Kier molecular flexibility index (Phi) is 7.23. The van der Waals surface area contributed by atoms with E-state index in [4.69, 9.17) is 18.1 Å². The number of benzene rings is 1. The number of amides is 1. The first-order chi connectivity index (χ1) is 12.5. The summed E-state index contributed by atoms with van der Waals surface area (Å²) in [6, 6.07) is 6.53. The van der Waals surface area contributed by atoms with Gasteiger partial charge in [0.05, 0.1) is 0 Å². The average Bonchev–Trinajstić information content (AvgIpc) is 2.67. The SMILES string of the molecule is CCC(=O)C(=O)C1CCCCC1NC(=S)Nc1ccc(C(=O)NN)cc1. The van der Waals surface area contributed by atoms with E-state index >= 15 is 0 Å². The van der Waals surface area contributed by atoms with E-state index in [-0.39, 0.29) is 35.9 Å². The van der Waals surface area contributed by atoms with Crippen molar-refractivity contribution in [2.75, 3.05) is 5.32 Å². The summed E-state index contributed by atoms with van der Waals surface area (Å²) in [5, 5.41) is 6.60. The number of nitrogens with one attached hydrogen (secondary N) is 3. The molecule has 1 aromatic rings. The average molecular weight is 376 g/mol. The molecule has 0 bridgehead atoms. The third kappa shape index (κ3) is 5.09. The molecular formula is C18H24N4O3S. The highest BCUT2D eigenvalue weighted by atomic mass is 32.1. The van der Waals surface area contributed by atoms with Crippen molar-refractivity contribution in [3.8, 4) is 0 Å². The first-order valence-electron chi connectivity index (χ1n) is 8.71. The quantitative estimate of drug-likeness (QED) is 0.196. The van der Waals surface area contributed by atoms with Gasteiger partial charge in [-0.25, -0.2) is 5.84 Å². The second-order valence-corrected chi connectivity index (χ2v) is 6.70. The summed E-state index contributed by atoms with van der Waals surface area (Å²) in [5.41, 5.74) is 3.21. The molecule has 1 aliphatic carbocycles. The van der Waals surface area contributed by atoms with E-state index in [1.807, 2.05) is 0 Å². The predicted octanol–water partition coefficient (Wildman–Crippen LogP) is 1.68. The van der Waals surface area contributed by atoms with Crippen LogP contribution in [0.25, 0.3) is 0 Å². The lowest BCUT2D eigenvalue weighted by atomic mass is 9.80. The Morgan fingerprint density at radius 3 is 2.42 bits per heavy atom. The maximum atomic E-state index is 12.3. The number of nitrogen functional groups attached to an aromatic ring is 1. The molecule has 5 N–H and O–H groups in total. The number of hydrazine groups is 1. The topological polar surface area (TPSA) is 113 Å². The number of hydrogen-bond donors (Lipinski definition) is 4. The van der Waals surface area contributed by atoms with Crippen LogP contribution in [0.5, 0.6) is 0 Å². The summed E-state index contributed by atoms with van der Waals surface area (Å²) in [7, 11) is 0. The minimum atomic E-state index is -0.374. The summed E-state index contributed by atoms with van der Waals surface area (Å²) in [4.78, 5) is 35.5. The molecule has 2 unspecified atom stereocenters. The summed E-state index contributed by atoms with van der Waals surface area (Å²) in [5.74, 6) is 3.77. The molecule has 2 rings (SSSR count). The fourth-order valence-corrected chi connectivity index (χ4v) is 3.39. The van der Waals surface area contributed by atoms with Crippen LogP contribution in [0.15, 0.2) is 24.3 Å². The van der Waals surface area contributed by atoms with E-state index in [1.165, 1.54) is 0 Å². The summed E-state index contributed by atoms with van der Waals surface area (Å²) in [6.07, 6.45) is 3.66.